The standard InChI is InChI=1S/C16H25NO/c1-4-13-9-10-14(11-12(13)2)17-15-7-5-6-8-16(15)18-3/h9-11,15-17H,4-8H2,1-3H3. The zero-order valence-corrected chi connectivity index (χ0v) is 11.8. The van der Waals surface area contributed by atoms with E-state index in [0.717, 1.165) is 6.42 Å². The van der Waals surface area contributed by atoms with Crippen LogP contribution in [0, 0.1) is 6.92 Å². The highest BCUT2D eigenvalue weighted by atomic mass is 16.5. The summed E-state index contributed by atoms with van der Waals surface area (Å²) in [6.07, 6.45) is 6.47. The van der Waals surface area contributed by atoms with E-state index in [1.807, 2.05) is 7.11 Å². The number of hydrogen-bond acceptors (Lipinski definition) is 2. The van der Waals surface area contributed by atoms with Crippen LogP contribution in [0.2, 0.25) is 0 Å². The van der Waals surface area contributed by atoms with Crippen molar-refractivity contribution in [2.24, 2.45) is 0 Å². The average Bonchev–Trinajstić information content (AvgIpc) is 2.39. The van der Waals surface area contributed by atoms with Gasteiger partial charge in [-0.3, -0.25) is 0 Å². The molecule has 0 spiro atoms. The van der Waals surface area contributed by atoms with Crippen molar-refractivity contribution >= 4 is 5.69 Å². The summed E-state index contributed by atoms with van der Waals surface area (Å²) in [6, 6.07) is 7.17. The molecule has 1 aliphatic carbocycles. The smallest absolute Gasteiger partial charge is 0.0772 e. The van der Waals surface area contributed by atoms with Crippen LogP contribution in [-0.2, 0) is 11.2 Å². The second-order valence-electron chi connectivity index (χ2n) is 5.30. The molecule has 100 valence electrons. The number of ether oxygens (including phenoxy) is 1. The Hall–Kier alpha value is -1.02. The minimum atomic E-state index is 0.366. The number of rotatable bonds is 4. The summed E-state index contributed by atoms with van der Waals surface area (Å²) >= 11 is 0. The molecule has 0 saturated heterocycles. The van der Waals surface area contributed by atoms with Gasteiger partial charge < -0.3 is 10.1 Å². The molecule has 0 amide bonds. The summed E-state index contributed by atoms with van der Waals surface area (Å²) < 4.78 is 5.59. The van der Waals surface area contributed by atoms with Crippen LogP contribution < -0.4 is 5.32 Å². The van der Waals surface area contributed by atoms with Gasteiger partial charge in [0.15, 0.2) is 0 Å². The normalized spacial score (nSPS) is 23.9. The van der Waals surface area contributed by atoms with Crippen LogP contribution in [0.15, 0.2) is 18.2 Å². The van der Waals surface area contributed by atoms with E-state index in [2.05, 4.69) is 37.4 Å². The number of methoxy groups -OCH3 is 1. The van der Waals surface area contributed by atoms with Gasteiger partial charge in [-0.15, -0.1) is 0 Å². The molecule has 1 N–H and O–H groups in total. The van der Waals surface area contributed by atoms with Crippen LogP contribution in [0.5, 0.6) is 0 Å². The van der Waals surface area contributed by atoms with Crippen molar-refractivity contribution in [1.82, 2.24) is 0 Å². The third kappa shape index (κ3) is 3.05. The van der Waals surface area contributed by atoms with Gasteiger partial charge in [-0.1, -0.05) is 25.8 Å². The van der Waals surface area contributed by atoms with Crippen molar-refractivity contribution in [2.45, 2.75) is 58.1 Å². The van der Waals surface area contributed by atoms with Crippen molar-refractivity contribution < 1.29 is 4.74 Å². The summed E-state index contributed by atoms with van der Waals surface area (Å²) in [7, 11) is 1.83. The van der Waals surface area contributed by atoms with Crippen molar-refractivity contribution in [3.63, 3.8) is 0 Å². The lowest BCUT2D eigenvalue weighted by atomic mass is 9.92. The molecule has 18 heavy (non-hydrogen) atoms. The molecule has 1 saturated carbocycles. The Morgan fingerprint density at radius 1 is 1.28 bits per heavy atom. The van der Waals surface area contributed by atoms with Crippen LogP contribution >= 0.6 is 0 Å². The Labute approximate surface area is 111 Å². The molecule has 0 radical (unpaired) electrons. The summed E-state index contributed by atoms with van der Waals surface area (Å²) in [6.45, 7) is 4.40. The molecule has 1 fully saturated rings. The highest BCUT2D eigenvalue weighted by molar-refractivity contribution is 5.49. The fourth-order valence-electron chi connectivity index (χ4n) is 2.94. The Balaban J connectivity index is 2.05. The number of anilines is 1. The van der Waals surface area contributed by atoms with Gasteiger partial charge in [-0.2, -0.15) is 0 Å². The van der Waals surface area contributed by atoms with Gasteiger partial charge in [0, 0.05) is 12.8 Å². The van der Waals surface area contributed by atoms with E-state index >= 15 is 0 Å². The molecular weight excluding hydrogens is 222 g/mol. The van der Waals surface area contributed by atoms with E-state index in [0.29, 0.717) is 12.1 Å². The first kappa shape index (κ1) is 13.4. The molecule has 1 aromatic carbocycles. The third-order valence-corrected chi connectivity index (χ3v) is 4.08. The van der Waals surface area contributed by atoms with Gasteiger partial charge in [0.1, 0.15) is 0 Å². The maximum absolute atomic E-state index is 5.59. The van der Waals surface area contributed by atoms with Gasteiger partial charge in [-0.25, -0.2) is 0 Å². The lowest BCUT2D eigenvalue weighted by Gasteiger charge is -2.32. The Morgan fingerprint density at radius 3 is 2.72 bits per heavy atom. The molecule has 2 atom stereocenters. The van der Waals surface area contributed by atoms with Crippen molar-refractivity contribution in [2.75, 3.05) is 12.4 Å². The van der Waals surface area contributed by atoms with Gasteiger partial charge in [0.05, 0.1) is 12.1 Å². The minimum Gasteiger partial charge on any atom is -0.380 e. The van der Waals surface area contributed by atoms with Gasteiger partial charge >= 0.3 is 0 Å². The van der Waals surface area contributed by atoms with E-state index in [1.54, 1.807) is 0 Å². The van der Waals surface area contributed by atoms with Gasteiger partial charge in [0.25, 0.3) is 0 Å². The SMILES string of the molecule is CCc1ccc(NC2CCCCC2OC)cc1C. The van der Waals surface area contributed by atoms with Gasteiger partial charge in [-0.05, 0) is 49.4 Å². The van der Waals surface area contributed by atoms with Crippen LogP contribution in [0.3, 0.4) is 0 Å². The van der Waals surface area contributed by atoms with E-state index in [4.69, 9.17) is 4.74 Å². The zero-order valence-electron chi connectivity index (χ0n) is 11.8. The van der Waals surface area contributed by atoms with Crippen molar-refractivity contribution in [3.8, 4) is 0 Å². The first-order valence-corrected chi connectivity index (χ1v) is 7.13. The maximum Gasteiger partial charge on any atom is 0.0772 e. The molecule has 0 aromatic heterocycles. The predicted octanol–water partition coefficient (Wildman–Crippen LogP) is 3.93. The molecular formula is C16H25NO. The Bertz CT molecular complexity index is 389. The summed E-state index contributed by atoms with van der Waals surface area (Å²) in [5, 5.41) is 3.65. The number of hydrogen-bond donors (Lipinski definition) is 1. The first-order valence-electron chi connectivity index (χ1n) is 7.13. The zero-order chi connectivity index (χ0) is 13.0. The topological polar surface area (TPSA) is 21.3 Å². The predicted molar refractivity (Wildman–Crippen MR) is 77.2 cm³/mol. The van der Waals surface area contributed by atoms with E-state index in [1.165, 1.54) is 42.5 Å². The Kier molecular flexibility index (Phi) is 4.65. The molecule has 0 aliphatic heterocycles. The lowest BCUT2D eigenvalue weighted by Crippen LogP contribution is -2.37. The largest absolute Gasteiger partial charge is 0.380 e. The summed E-state index contributed by atoms with van der Waals surface area (Å²) in [4.78, 5) is 0. The second kappa shape index (κ2) is 6.24. The van der Waals surface area contributed by atoms with Crippen LogP contribution in [0.4, 0.5) is 5.69 Å². The fraction of sp³-hybridized carbons (Fsp3) is 0.625. The minimum absolute atomic E-state index is 0.366. The summed E-state index contributed by atoms with van der Waals surface area (Å²) in [5.74, 6) is 0. The molecule has 2 unspecified atom stereocenters. The number of benzene rings is 1. The molecule has 0 bridgehead atoms. The van der Waals surface area contributed by atoms with Gasteiger partial charge in [0.2, 0.25) is 0 Å². The number of nitrogens with one attached hydrogen (secondary N) is 1. The van der Waals surface area contributed by atoms with Crippen molar-refractivity contribution in [1.29, 1.82) is 0 Å². The van der Waals surface area contributed by atoms with Crippen LogP contribution in [0.1, 0.15) is 43.7 Å². The maximum atomic E-state index is 5.59. The average molecular weight is 247 g/mol. The lowest BCUT2D eigenvalue weighted by molar-refractivity contribution is 0.0606. The first-order chi connectivity index (χ1) is 8.74. The van der Waals surface area contributed by atoms with E-state index in [-0.39, 0.29) is 0 Å². The van der Waals surface area contributed by atoms with E-state index < -0.39 is 0 Å². The molecule has 0 heterocycles. The second-order valence-corrected chi connectivity index (χ2v) is 5.30. The Morgan fingerprint density at radius 2 is 2.06 bits per heavy atom. The van der Waals surface area contributed by atoms with Crippen molar-refractivity contribution in [3.05, 3.63) is 29.3 Å². The van der Waals surface area contributed by atoms with Crippen LogP contribution in [0.25, 0.3) is 0 Å². The molecule has 1 aromatic rings. The highest BCUT2D eigenvalue weighted by Crippen LogP contribution is 2.25. The monoisotopic (exact) mass is 247 g/mol. The van der Waals surface area contributed by atoms with Crippen LogP contribution in [-0.4, -0.2) is 19.3 Å². The molecule has 2 rings (SSSR count). The molecule has 1 aliphatic rings. The molecule has 2 heteroatoms. The third-order valence-electron chi connectivity index (χ3n) is 4.08. The molecule has 2 nitrogen and oxygen atoms in total. The highest BCUT2D eigenvalue weighted by Gasteiger charge is 2.24. The van der Waals surface area contributed by atoms with E-state index in [9.17, 15) is 0 Å². The summed E-state index contributed by atoms with van der Waals surface area (Å²) in [5.41, 5.74) is 4.05. The quantitative estimate of drug-likeness (QED) is 0.870. The fourth-order valence-corrected chi connectivity index (χ4v) is 2.94. The number of aryl methyl sites for hydroxylation is 2.